The van der Waals surface area contributed by atoms with E-state index in [-0.39, 0.29) is 11.5 Å². The summed E-state index contributed by atoms with van der Waals surface area (Å²) >= 11 is 1.25. The fraction of sp³-hybridized carbons (Fsp3) is 0.179. The van der Waals surface area contributed by atoms with Gasteiger partial charge < -0.3 is 10.1 Å². The molecule has 35 heavy (non-hydrogen) atoms. The van der Waals surface area contributed by atoms with Crippen LogP contribution in [0.3, 0.4) is 0 Å². The first-order valence-electron chi connectivity index (χ1n) is 11.1. The maximum Gasteiger partial charge on any atom is 0.269 e. The second kappa shape index (κ2) is 10.5. The van der Waals surface area contributed by atoms with Crippen LogP contribution in [0, 0.1) is 25.2 Å². The molecule has 1 heterocycles. The van der Waals surface area contributed by atoms with Crippen molar-refractivity contribution in [1.82, 2.24) is 0 Å². The third-order valence-corrected chi connectivity index (χ3v) is 7.08. The summed E-state index contributed by atoms with van der Waals surface area (Å²) in [6, 6.07) is 24.4. The zero-order valence-corrected chi connectivity index (χ0v) is 20.6. The van der Waals surface area contributed by atoms with E-state index in [9.17, 15) is 14.9 Å². The first kappa shape index (κ1) is 24.1. The number of methoxy groups -OCH3 is 1. The van der Waals surface area contributed by atoms with Crippen molar-refractivity contribution in [2.24, 2.45) is 0 Å². The van der Waals surface area contributed by atoms with Crippen molar-refractivity contribution in [3.8, 4) is 11.8 Å². The van der Waals surface area contributed by atoms with Crippen molar-refractivity contribution in [2.45, 2.75) is 25.5 Å². The van der Waals surface area contributed by atoms with Crippen molar-refractivity contribution in [3.63, 3.8) is 0 Å². The molecule has 2 amide bonds. The largest absolute Gasteiger partial charge is 0.497 e. The Bertz CT molecular complexity index is 1310. The SMILES string of the molecule is COc1ccc(CC2S/C(=C(/C#N)C(=O)Nc3c(C)cccc3C)N(c3ccccc3)C2=O)cc1. The normalized spacial score (nSPS) is 16.6. The Morgan fingerprint density at radius 2 is 1.69 bits per heavy atom. The molecule has 176 valence electrons. The predicted octanol–water partition coefficient (Wildman–Crippen LogP) is 5.38. The number of thioether (sulfide) groups is 1. The van der Waals surface area contributed by atoms with E-state index in [0.29, 0.717) is 22.8 Å². The molecule has 7 heteroatoms. The molecule has 0 spiro atoms. The van der Waals surface area contributed by atoms with Gasteiger partial charge in [-0.3, -0.25) is 14.5 Å². The summed E-state index contributed by atoms with van der Waals surface area (Å²) in [5, 5.41) is 12.8. The Kier molecular flexibility index (Phi) is 7.23. The van der Waals surface area contributed by atoms with Crippen LogP contribution < -0.4 is 15.0 Å². The molecule has 1 fully saturated rings. The molecule has 0 aromatic heterocycles. The highest BCUT2D eigenvalue weighted by Gasteiger charge is 2.40. The number of hydrogen-bond donors (Lipinski definition) is 1. The van der Waals surface area contributed by atoms with E-state index in [0.717, 1.165) is 22.4 Å². The molecular weight excluding hydrogens is 458 g/mol. The topological polar surface area (TPSA) is 82.4 Å². The zero-order chi connectivity index (χ0) is 24.9. The molecule has 0 aliphatic carbocycles. The van der Waals surface area contributed by atoms with E-state index in [1.165, 1.54) is 16.7 Å². The van der Waals surface area contributed by atoms with Gasteiger partial charge in [-0.25, -0.2) is 0 Å². The number of nitrogens with zero attached hydrogens (tertiary/aromatic N) is 2. The minimum Gasteiger partial charge on any atom is -0.497 e. The van der Waals surface area contributed by atoms with Gasteiger partial charge in [0, 0.05) is 11.4 Å². The lowest BCUT2D eigenvalue weighted by Gasteiger charge is -2.19. The number of ether oxygens (including phenoxy) is 1. The van der Waals surface area contributed by atoms with Gasteiger partial charge in [-0.05, 0) is 61.2 Å². The van der Waals surface area contributed by atoms with Gasteiger partial charge in [-0.15, -0.1) is 0 Å². The second-order valence-corrected chi connectivity index (χ2v) is 9.37. The number of nitriles is 1. The van der Waals surface area contributed by atoms with Gasteiger partial charge in [-0.2, -0.15) is 5.26 Å². The van der Waals surface area contributed by atoms with Crippen LogP contribution in [0.4, 0.5) is 11.4 Å². The minimum absolute atomic E-state index is 0.0907. The van der Waals surface area contributed by atoms with Gasteiger partial charge >= 0.3 is 0 Å². The van der Waals surface area contributed by atoms with Crippen LogP contribution in [0.15, 0.2) is 83.4 Å². The van der Waals surface area contributed by atoms with E-state index >= 15 is 0 Å². The van der Waals surface area contributed by atoms with Crippen LogP contribution in [0.1, 0.15) is 16.7 Å². The summed E-state index contributed by atoms with van der Waals surface area (Å²) in [4.78, 5) is 28.3. The first-order valence-corrected chi connectivity index (χ1v) is 12.0. The molecule has 4 rings (SSSR count). The maximum atomic E-state index is 13.6. The summed E-state index contributed by atoms with van der Waals surface area (Å²) in [5.74, 6) is 0.0338. The smallest absolute Gasteiger partial charge is 0.269 e. The van der Waals surface area contributed by atoms with Crippen LogP contribution in [0.25, 0.3) is 0 Å². The van der Waals surface area contributed by atoms with Crippen LogP contribution in [-0.2, 0) is 16.0 Å². The molecular formula is C28H25N3O3S. The Labute approximate surface area is 209 Å². The highest BCUT2D eigenvalue weighted by molar-refractivity contribution is 8.05. The Morgan fingerprint density at radius 1 is 1.03 bits per heavy atom. The summed E-state index contributed by atoms with van der Waals surface area (Å²) < 4.78 is 5.22. The van der Waals surface area contributed by atoms with Gasteiger partial charge in [0.25, 0.3) is 5.91 Å². The quantitative estimate of drug-likeness (QED) is 0.376. The van der Waals surface area contributed by atoms with Crippen molar-refractivity contribution in [1.29, 1.82) is 5.26 Å². The third-order valence-electron chi connectivity index (χ3n) is 5.82. The monoisotopic (exact) mass is 483 g/mol. The Morgan fingerprint density at radius 3 is 2.29 bits per heavy atom. The van der Waals surface area contributed by atoms with Crippen molar-refractivity contribution in [3.05, 3.63) is 100 Å². The van der Waals surface area contributed by atoms with Crippen LogP contribution in [0.2, 0.25) is 0 Å². The van der Waals surface area contributed by atoms with Crippen LogP contribution in [-0.4, -0.2) is 24.2 Å². The van der Waals surface area contributed by atoms with Crippen molar-refractivity contribution >= 4 is 35.0 Å². The second-order valence-electron chi connectivity index (χ2n) is 8.18. The molecule has 0 bridgehead atoms. The summed E-state index contributed by atoms with van der Waals surface area (Å²) in [6.07, 6.45) is 0.456. The standard InChI is InChI=1S/C28H25N3O3S/c1-18-8-7-9-19(2)25(18)30-26(32)23(17-29)28-31(21-10-5-4-6-11-21)27(33)24(35-28)16-20-12-14-22(34-3)15-13-20/h4-15,24H,16H2,1-3H3,(H,30,32)/b28-23-. The third kappa shape index (κ3) is 5.08. The number of para-hydroxylation sites is 2. The van der Waals surface area contributed by atoms with Gasteiger partial charge in [-0.1, -0.05) is 60.3 Å². The van der Waals surface area contributed by atoms with Gasteiger partial charge in [0.05, 0.1) is 12.4 Å². The number of carbonyl (C=O) groups is 2. The number of nitrogens with one attached hydrogen (secondary N) is 1. The predicted molar refractivity (Wildman–Crippen MR) is 139 cm³/mol. The highest BCUT2D eigenvalue weighted by Crippen LogP contribution is 2.42. The fourth-order valence-electron chi connectivity index (χ4n) is 3.96. The van der Waals surface area contributed by atoms with Crippen LogP contribution in [0.5, 0.6) is 5.75 Å². The lowest BCUT2D eigenvalue weighted by atomic mass is 10.1. The van der Waals surface area contributed by atoms with Crippen molar-refractivity contribution < 1.29 is 14.3 Å². The first-order chi connectivity index (χ1) is 16.9. The maximum absolute atomic E-state index is 13.6. The molecule has 1 aliphatic rings. The lowest BCUT2D eigenvalue weighted by molar-refractivity contribution is -0.117. The number of hydrogen-bond acceptors (Lipinski definition) is 5. The molecule has 1 N–H and O–H groups in total. The average Bonchev–Trinajstić information content (AvgIpc) is 3.18. The number of anilines is 2. The number of amides is 2. The lowest BCUT2D eigenvalue weighted by Crippen LogP contribution is -2.31. The average molecular weight is 484 g/mol. The molecule has 0 saturated carbocycles. The molecule has 0 radical (unpaired) electrons. The zero-order valence-electron chi connectivity index (χ0n) is 19.7. The summed E-state index contributed by atoms with van der Waals surface area (Å²) in [5.41, 5.74) is 3.95. The number of rotatable bonds is 6. The number of benzene rings is 3. The molecule has 6 nitrogen and oxygen atoms in total. The molecule has 3 aromatic carbocycles. The molecule has 1 saturated heterocycles. The fourth-order valence-corrected chi connectivity index (χ4v) is 5.27. The Hall–Kier alpha value is -4.02. The van der Waals surface area contributed by atoms with Gasteiger partial charge in [0.1, 0.15) is 22.4 Å². The van der Waals surface area contributed by atoms with Crippen molar-refractivity contribution in [2.75, 3.05) is 17.3 Å². The summed E-state index contributed by atoms with van der Waals surface area (Å²) in [6.45, 7) is 3.80. The highest BCUT2D eigenvalue weighted by atomic mass is 32.2. The number of carbonyl (C=O) groups excluding carboxylic acids is 2. The summed E-state index contributed by atoms with van der Waals surface area (Å²) in [7, 11) is 1.60. The molecule has 1 unspecified atom stereocenters. The van der Waals surface area contributed by atoms with Gasteiger partial charge in [0.15, 0.2) is 0 Å². The van der Waals surface area contributed by atoms with E-state index in [1.807, 2.05) is 74.5 Å². The van der Waals surface area contributed by atoms with Crippen LogP contribution >= 0.6 is 11.8 Å². The van der Waals surface area contributed by atoms with E-state index < -0.39 is 11.2 Å². The van der Waals surface area contributed by atoms with E-state index in [2.05, 4.69) is 11.4 Å². The molecule has 1 aliphatic heterocycles. The molecule has 1 atom stereocenters. The number of aryl methyl sites for hydroxylation is 2. The van der Waals surface area contributed by atoms with E-state index in [1.54, 1.807) is 19.2 Å². The molecule has 3 aromatic rings. The van der Waals surface area contributed by atoms with Gasteiger partial charge in [0.2, 0.25) is 5.91 Å². The van der Waals surface area contributed by atoms with E-state index in [4.69, 9.17) is 4.74 Å². The Balaban J connectivity index is 1.71. The minimum atomic E-state index is -0.536.